The van der Waals surface area contributed by atoms with Crippen molar-refractivity contribution >= 4 is 17.3 Å². The third-order valence-electron chi connectivity index (χ3n) is 3.93. The summed E-state index contributed by atoms with van der Waals surface area (Å²) < 4.78 is 13.7. The minimum Gasteiger partial charge on any atom is -0.480 e. The number of likely N-dealkylation sites (N-methyl/N-ethyl adjacent to an activating group) is 1. The molecule has 0 bridgehead atoms. The number of halogens is 1. The number of carboxylic acids is 1. The van der Waals surface area contributed by atoms with Crippen LogP contribution in [0, 0.1) is 0 Å². The van der Waals surface area contributed by atoms with Crippen molar-refractivity contribution in [3.05, 3.63) is 22.4 Å². The van der Waals surface area contributed by atoms with Crippen LogP contribution < -0.4 is 0 Å². The lowest BCUT2D eigenvalue weighted by Crippen LogP contribution is -2.44. The van der Waals surface area contributed by atoms with Gasteiger partial charge in [-0.05, 0) is 31.8 Å². The number of rotatable bonds is 6. The van der Waals surface area contributed by atoms with Crippen molar-refractivity contribution in [2.24, 2.45) is 0 Å². The van der Waals surface area contributed by atoms with E-state index in [4.69, 9.17) is 5.11 Å². The molecule has 2 rings (SSSR count). The summed E-state index contributed by atoms with van der Waals surface area (Å²) in [5.74, 6) is -0.841. The van der Waals surface area contributed by atoms with E-state index >= 15 is 0 Å². The number of carbonyl (C=O) groups is 1. The second-order valence-electron chi connectivity index (χ2n) is 5.45. The number of hydrogen-bond donors (Lipinski definition) is 1. The Morgan fingerprint density at radius 2 is 2.45 bits per heavy atom. The second kappa shape index (κ2) is 6.65. The van der Waals surface area contributed by atoms with Crippen LogP contribution in [0.15, 0.2) is 17.5 Å². The fraction of sp³-hybridized carbons (Fsp3) is 0.643. The Morgan fingerprint density at radius 1 is 1.70 bits per heavy atom. The summed E-state index contributed by atoms with van der Waals surface area (Å²) in [6.07, 6.45) is -0.323. The molecule has 0 spiro atoms. The Labute approximate surface area is 122 Å². The zero-order chi connectivity index (χ0) is 14.7. The van der Waals surface area contributed by atoms with Crippen molar-refractivity contribution in [1.29, 1.82) is 0 Å². The van der Waals surface area contributed by atoms with Crippen LogP contribution in [-0.4, -0.2) is 59.3 Å². The number of aliphatic carboxylic acids is 1. The molecule has 2 heterocycles. The Hall–Kier alpha value is -0.980. The first-order valence-corrected chi connectivity index (χ1v) is 7.69. The molecule has 1 N–H and O–H groups in total. The van der Waals surface area contributed by atoms with Gasteiger partial charge >= 0.3 is 5.97 Å². The van der Waals surface area contributed by atoms with Crippen LogP contribution >= 0.6 is 11.3 Å². The quantitative estimate of drug-likeness (QED) is 0.873. The average molecular weight is 300 g/mol. The first-order chi connectivity index (χ1) is 9.47. The molecule has 1 aromatic heterocycles. The standard InChI is InChI=1S/C14H21FN2O2S/c1-10(14(18)19)16(2)8-12-6-11(15)7-17(12)9-13-4-3-5-20-13/h3-5,10-12H,6-9H2,1-2H3,(H,18,19)/t10?,11-,12-/m0/s1. The SMILES string of the molecule is CC(C(=O)O)N(C)C[C@@H]1C[C@H](F)CN1Cc1cccs1. The van der Waals surface area contributed by atoms with E-state index in [0.717, 1.165) is 6.54 Å². The molecule has 0 aliphatic carbocycles. The molecule has 1 aliphatic heterocycles. The summed E-state index contributed by atoms with van der Waals surface area (Å²) in [6.45, 7) is 3.43. The van der Waals surface area contributed by atoms with Gasteiger partial charge < -0.3 is 5.11 Å². The highest BCUT2D eigenvalue weighted by Gasteiger charge is 2.34. The highest BCUT2D eigenvalue weighted by atomic mass is 32.1. The van der Waals surface area contributed by atoms with E-state index in [1.165, 1.54) is 4.88 Å². The number of hydrogen-bond acceptors (Lipinski definition) is 4. The molecule has 0 aromatic carbocycles. The fourth-order valence-electron chi connectivity index (χ4n) is 2.59. The highest BCUT2D eigenvalue weighted by molar-refractivity contribution is 7.09. The van der Waals surface area contributed by atoms with E-state index in [2.05, 4.69) is 11.0 Å². The Morgan fingerprint density at radius 3 is 3.05 bits per heavy atom. The van der Waals surface area contributed by atoms with Gasteiger partial charge in [0.05, 0.1) is 0 Å². The smallest absolute Gasteiger partial charge is 0.320 e. The normalized spacial score (nSPS) is 25.2. The van der Waals surface area contributed by atoms with Gasteiger partial charge in [-0.3, -0.25) is 14.6 Å². The Balaban J connectivity index is 1.96. The number of thiophene rings is 1. The number of likely N-dealkylation sites (tertiary alicyclic amines) is 1. The molecule has 0 radical (unpaired) electrons. The molecular formula is C14H21FN2O2S. The Kier molecular flexibility index (Phi) is 5.12. The number of carboxylic acid groups (broad SMARTS) is 1. The highest BCUT2D eigenvalue weighted by Crippen LogP contribution is 2.25. The van der Waals surface area contributed by atoms with E-state index in [0.29, 0.717) is 19.5 Å². The minimum absolute atomic E-state index is 0.0823. The summed E-state index contributed by atoms with van der Waals surface area (Å²) >= 11 is 1.67. The van der Waals surface area contributed by atoms with Gasteiger partial charge in [-0.25, -0.2) is 4.39 Å². The number of alkyl halides is 1. The van der Waals surface area contributed by atoms with Crippen LogP contribution in [-0.2, 0) is 11.3 Å². The molecule has 1 aliphatic rings. The molecule has 4 nitrogen and oxygen atoms in total. The van der Waals surface area contributed by atoms with Gasteiger partial charge in [0, 0.05) is 30.6 Å². The summed E-state index contributed by atoms with van der Waals surface area (Å²) in [6, 6.07) is 3.59. The third kappa shape index (κ3) is 3.77. The van der Waals surface area contributed by atoms with Crippen molar-refractivity contribution in [3.63, 3.8) is 0 Å². The largest absolute Gasteiger partial charge is 0.480 e. The van der Waals surface area contributed by atoms with Crippen LogP contribution in [0.5, 0.6) is 0 Å². The average Bonchev–Trinajstić information content (AvgIpc) is 2.99. The molecule has 1 saturated heterocycles. The maximum atomic E-state index is 13.7. The van der Waals surface area contributed by atoms with E-state index in [-0.39, 0.29) is 6.04 Å². The monoisotopic (exact) mass is 300 g/mol. The molecule has 1 aromatic rings. The molecule has 0 saturated carbocycles. The zero-order valence-electron chi connectivity index (χ0n) is 11.8. The molecule has 1 fully saturated rings. The zero-order valence-corrected chi connectivity index (χ0v) is 12.6. The molecule has 3 atom stereocenters. The lowest BCUT2D eigenvalue weighted by molar-refractivity contribution is -0.142. The summed E-state index contributed by atoms with van der Waals surface area (Å²) in [5.41, 5.74) is 0. The van der Waals surface area contributed by atoms with Crippen molar-refractivity contribution in [1.82, 2.24) is 9.80 Å². The Bertz CT molecular complexity index is 440. The summed E-state index contributed by atoms with van der Waals surface area (Å²) in [5, 5.41) is 11.0. The van der Waals surface area contributed by atoms with E-state index in [9.17, 15) is 9.18 Å². The van der Waals surface area contributed by atoms with E-state index < -0.39 is 18.2 Å². The van der Waals surface area contributed by atoms with Gasteiger partial charge in [0.1, 0.15) is 12.2 Å². The molecule has 1 unspecified atom stereocenters. The molecular weight excluding hydrogens is 279 g/mol. The summed E-state index contributed by atoms with van der Waals surface area (Å²) in [4.78, 5) is 16.1. The van der Waals surface area contributed by atoms with Gasteiger partial charge in [0.15, 0.2) is 0 Å². The van der Waals surface area contributed by atoms with Crippen molar-refractivity contribution in [2.45, 2.75) is 38.1 Å². The topological polar surface area (TPSA) is 43.8 Å². The van der Waals surface area contributed by atoms with E-state index in [1.54, 1.807) is 30.2 Å². The summed E-state index contributed by atoms with van der Waals surface area (Å²) in [7, 11) is 1.79. The van der Waals surface area contributed by atoms with Crippen LogP contribution in [0.1, 0.15) is 18.2 Å². The van der Waals surface area contributed by atoms with Crippen molar-refractivity contribution in [2.75, 3.05) is 20.1 Å². The molecule has 112 valence electrons. The lowest BCUT2D eigenvalue weighted by atomic mass is 10.1. The predicted octanol–water partition coefficient (Wildman–Crippen LogP) is 2.07. The predicted molar refractivity (Wildman–Crippen MR) is 77.8 cm³/mol. The third-order valence-corrected chi connectivity index (χ3v) is 4.79. The van der Waals surface area contributed by atoms with Crippen LogP contribution in [0.3, 0.4) is 0 Å². The van der Waals surface area contributed by atoms with Crippen molar-refractivity contribution < 1.29 is 14.3 Å². The van der Waals surface area contributed by atoms with Crippen molar-refractivity contribution in [3.8, 4) is 0 Å². The van der Waals surface area contributed by atoms with Gasteiger partial charge in [-0.2, -0.15) is 0 Å². The molecule has 6 heteroatoms. The van der Waals surface area contributed by atoms with E-state index in [1.807, 2.05) is 11.4 Å². The maximum Gasteiger partial charge on any atom is 0.320 e. The van der Waals surface area contributed by atoms with Crippen LogP contribution in [0.4, 0.5) is 4.39 Å². The number of nitrogens with zero attached hydrogens (tertiary/aromatic N) is 2. The second-order valence-corrected chi connectivity index (χ2v) is 6.48. The minimum atomic E-state index is -0.841. The first-order valence-electron chi connectivity index (χ1n) is 6.81. The fourth-order valence-corrected chi connectivity index (χ4v) is 3.32. The maximum absolute atomic E-state index is 13.7. The lowest BCUT2D eigenvalue weighted by Gasteiger charge is -2.29. The van der Waals surface area contributed by atoms with Gasteiger partial charge in [-0.15, -0.1) is 11.3 Å². The van der Waals surface area contributed by atoms with Gasteiger partial charge in [0.25, 0.3) is 0 Å². The van der Waals surface area contributed by atoms with Gasteiger partial charge in [0.2, 0.25) is 0 Å². The van der Waals surface area contributed by atoms with Crippen LogP contribution in [0.25, 0.3) is 0 Å². The molecule has 20 heavy (non-hydrogen) atoms. The van der Waals surface area contributed by atoms with Gasteiger partial charge in [-0.1, -0.05) is 6.07 Å². The first kappa shape index (κ1) is 15.4. The van der Waals surface area contributed by atoms with Crippen LogP contribution in [0.2, 0.25) is 0 Å². The molecule has 0 amide bonds.